The van der Waals surface area contributed by atoms with Gasteiger partial charge < -0.3 is 22.9 Å². The maximum Gasteiger partial charge on any atom is 0.254 e. The molecule has 0 saturated carbocycles. The van der Waals surface area contributed by atoms with Gasteiger partial charge in [0.05, 0.1) is 22.1 Å². The number of benzene rings is 14. The van der Waals surface area contributed by atoms with Crippen LogP contribution in [0.1, 0.15) is 0 Å². The fraction of sp³-hybridized carbons (Fsp3) is 0. The number of fused-ring (bicyclic) bond motifs is 25. The molecule has 0 atom stereocenters. The molecule has 21 rings (SSSR count). The number of hydrogen-bond donors (Lipinski definition) is 0. The van der Waals surface area contributed by atoms with E-state index in [2.05, 4.69) is 299 Å². The van der Waals surface area contributed by atoms with E-state index < -0.39 is 0 Å². The van der Waals surface area contributed by atoms with Gasteiger partial charge >= 0.3 is 0 Å². The molecule has 19 aromatic rings. The Balaban J connectivity index is 0.945. The van der Waals surface area contributed by atoms with Crippen LogP contribution in [-0.2, 0) is 0 Å². The van der Waals surface area contributed by atoms with Crippen molar-refractivity contribution in [3.8, 4) is 33.6 Å². The summed E-state index contributed by atoms with van der Waals surface area (Å²) in [7, 11) is 0. The van der Waals surface area contributed by atoms with Crippen LogP contribution in [0.5, 0.6) is 0 Å². The maximum absolute atomic E-state index is 7.63. The third-order valence-corrected chi connectivity index (χ3v) is 23.1. The highest BCUT2D eigenvalue weighted by atomic mass is 32.2. The summed E-state index contributed by atoms with van der Waals surface area (Å²) in [4.78, 5) is 7.34. The normalized spacial score (nSPS) is 12.8. The highest BCUT2D eigenvalue weighted by molar-refractivity contribution is 8.01. The molecule has 0 unspecified atom stereocenters. The third kappa shape index (κ3) is 7.38. The van der Waals surface area contributed by atoms with E-state index in [0.29, 0.717) is 0 Å². The van der Waals surface area contributed by atoms with Gasteiger partial charge in [-0.1, -0.05) is 218 Å². The van der Waals surface area contributed by atoms with E-state index in [1.807, 2.05) is 40.9 Å². The van der Waals surface area contributed by atoms with Crippen molar-refractivity contribution in [2.24, 2.45) is 0 Å². The lowest BCUT2D eigenvalue weighted by Gasteiger charge is -2.36. The topological polar surface area (TPSA) is 39.4 Å². The first-order valence-electron chi connectivity index (χ1n) is 31.6. The molecular weight excluding hydrogens is 1190 g/mol. The van der Waals surface area contributed by atoms with Crippen molar-refractivity contribution in [1.82, 2.24) is 9.13 Å². The van der Waals surface area contributed by atoms with Crippen LogP contribution in [0.2, 0.25) is 0 Å². The fourth-order valence-corrected chi connectivity index (χ4v) is 19.9. The molecule has 432 valence electrons. The van der Waals surface area contributed by atoms with Gasteiger partial charge in [-0.2, -0.15) is 0 Å². The summed E-state index contributed by atoms with van der Waals surface area (Å²) in [6.45, 7) is -0.277. The SMILES string of the molecule is c1ccc(-c2ccccc2-c2ccc3c4c5c(sc6ccccc65)c5c(c4n(-c4ccccc4)c3c2)Sc2cc(N(c3ccccc3)c3ccc4oc6ccccc6c4c3)cc3c2B5c2c(c4c(c5ccccc5n4-c4ccccc4)c4c2oc2ccccc24)S3)cc1. The first-order valence-corrected chi connectivity index (χ1v) is 34.0. The van der Waals surface area contributed by atoms with Gasteiger partial charge in [0.15, 0.2) is 0 Å². The minimum atomic E-state index is -0.277. The predicted molar refractivity (Wildman–Crippen MR) is 394 cm³/mol. The van der Waals surface area contributed by atoms with Crippen molar-refractivity contribution in [2.45, 2.75) is 19.6 Å². The Morgan fingerprint density at radius 2 is 0.882 bits per heavy atom. The molecule has 2 aliphatic rings. The van der Waals surface area contributed by atoms with Crippen molar-refractivity contribution in [2.75, 3.05) is 4.90 Å². The first kappa shape index (κ1) is 51.8. The zero-order valence-corrected chi connectivity index (χ0v) is 52.1. The molecule has 2 aliphatic heterocycles. The van der Waals surface area contributed by atoms with Crippen molar-refractivity contribution in [3.05, 3.63) is 291 Å². The van der Waals surface area contributed by atoms with Gasteiger partial charge in [-0.05, 0) is 136 Å². The van der Waals surface area contributed by atoms with Crippen LogP contribution >= 0.6 is 34.9 Å². The minimum absolute atomic E-state index is 0.277. The number of thiophene rings is 1. The van der Waals surface area contributed by atoms with Gasteiger partial charge in [-0.15, -0.1) is 11.3 Å². The number of anilines is 3. The molecule has 0 saturated heterocycles. The van der Waals surface area contributed by atoms with Gasteiger partial charge in [0.2, 0.25) is 0 Å². The molecule has 0 bridgehead atoms. The largest absolute Gasteiger partial charge is 0.457 e. The summed E-state index contributed by atoms with van der Waals surface area (Å²) in [5.74, 6) is 0. The zero-order chi connectivity index (χ0) is 60.6. The number of hydrogen-bond acceptors (Lipinski definition) is 6. The van der Waals surface area contributed by atoms with Crippen LogP contribution in [0, 0.1) is 0 Å². The Morgan fingerprint density at radius 3 is 1.61 bits per heavy atom. The summed E-state index contributed by atoms with van der Waals surface area (Å²) < 4.78 is 21.9. The van der Waals surface area contributed by atoms with E-state index in [1.54, 1.807) is 0 Å². The van der Waals surface area contributed by atoms with E-state index in [1.165, 1.54) is 111 Å². The summed E-state index contributed by atoms with van der Waals surface area (Å²) in [6, 6.07) is 107. The van der Waals surface area contributed by atoms with Crippen LogP contribution in [0.3, 0.4) is 0 Å². The molecule has 0 fully saturated rings. The van der Waals surface area contributed by atoms with Crippen molar-refractivity contribution in [3.63, 3.8) is 0 Å². The number of furan rings is 2. The van der Waals surface area contributed by atoms with Gasteiger partial charge in [-0.3, -0.25) is 0 Å². The quantitative estimate of drug-likeness (QED) is 0.149. The highest BCUT2D eigenvalue weighted by Crippen LogP contribution is 2.55. The summed E-state index contributed by atoms with van der Waals surface area (Å²) in [5, 5.41) is 11.9. The Bertz CT molecular complexity index is 6390. The molecule has 0 N–H and O–H groups in total. The van der Waals surface area contributed by atoms with Gasteiger partial charge in [0, 0.05) is 111 Å². The highest BCUT2D eigenvalue weighted by Gasteiger charge is 2.46. The summed E-state index contributed by atoms with van der Waals surface area (Å²) >= 11 is 5.80. The first-order chi connectivity index (χ1) is 46.2. The van der Waals surface area contributed by atoms with Crippen LogP contribution < -0.4 is 21.3 Å². The predicted octanol–water partition coefficient (Wildman–Crippen LogP) is 22.3. The van der Waals surface area contributed by atoms with Crippen LogP contribution in [-0.4, -0.2) is 15.8 Å². The second-order valence-corrected chi connectivity index (χ2v) is 27.6. The molecule has 0 spiro atoms. The van der Waals surface area contributed by atoms with Crippen LogP contribution in [0.25, 0.3) is 141 Å². The maximum atomic E-state index is 7.63. The number of para-hydroxylation sites is 6. The van der Waals surface area contributed by atoms with Gasteiger partial charge in [0.25, 0.3) is 6.71 Å². The third-order valence-electron chi connectivity index (χ3n) is 19.6. The van der Waals surface area contributed by atoms with E-state index in [4.69, 9.17) is 8.83 Å². The zero-order valence-electron chi connectivity index (χ0n) is 49.7. The molecule has 5 aromatic heterocycles. The molecule has 14 aromatic carbocycles. The van der Waals surface area contributed by atoms with Gasteiger partial charge in [0.1, 0.15) is 22.3 Å². The molecule has 93 heavy (non-hydrogen) atoms. The standard InChI is InChI=1S/C84H48BN3O2S3/c1-5-23-49(24-6-1)56-31-13-14-32-57(56)50-41-43-60-65(45-50)88(53-29-11-4-12-30-53)80-73(60)75-62-36-18-22-40-69(62)91-82(75)78-84(80)93-71-48-55(86(51-25-7-2-8-26-51)54-42-44-68-63(46-54)58-33-16-20-38-66(58)89-68)47-70-76(71)85(78)77-81-74(61-35-17-21-39-67(61)90-81)72-59-34-15-19-37-64(59)87(79(72)83(77)92-70)52-27-9-3-10-28-52/h1-48H. The van der Waals surface area contributed by atoms with Gasteiger partial charge in [-0.25, -0.2) is 0 Å². The Hall–Kier alpha value is -10.9. The molecule has 9 heteroatoms. The van der Waals surface area contributed by atoms with Crippen LogP contribution in [0.4, 0.5) is 17.1 Å². The minimum Gasteiger partial charge on any atom is -0.457 e. The lowest BCUT2D eigenvalue weighted by Crippen LogP contribution is -2.58. The number of rotatable bonds is 7. The molecular formula is C84H48BN3O2S3. The second-order valence-electron chi connectivity index (χ2n) is 24.5. The molecule has 0 radical (unpaired) electrons. The number of nitrogens with zero attached hydrogens (tertiary/aromatic N) is 3. The Kier molecular flexibility index (Phi) is 11.0. The van der Waals surface area contributed by atoms with Crippen molar-refractivity contribution in [1.29, 1.82) is 0 Å². The summed E-state index contributed by atoms with van der Waals surface area (Å²) in [5.41, 5.74) is 22.3. The smallest absolute Gasteiger partial charge is 0.254 e. The van der Waals surface area contributed by atoms with Crippen molar-refractivity contribution >= 4 is 183 Å². The second kappa shape index (κ2) is 19.8. The average molecular weight is 1240 g/mol. The van der Waals surface area contributed by atoms with E-state index in [0.717, 1.165) is 83.3 Å². The monoisotopic (exact) mass is 1240 g/mol. The number of aromatic nitrogens is 2. The molecule has 5 nitrogen and oxygen atoms in total. The van der Waals surface area contributed by atoms with Crippen molar-refractivity contribution < 1.29 is 8.83 Å². The fourth-order valence-electron chi connectivity index (χ4n) is 15.8. The van der Waals surface area contributed by atoms with E-state index in [-0.39, 0.29) is 6.71 Å². The average Bonchev–Trinajstić information content (AvgIpc) is 1.58. The molecule has 0 aliphatic carbocycles. The van der Waals surface area contributed by atoms with Crippen LogP contribution in [0.15, 0.2) is 320 Å². The Labute approximate surface area is 546 Å². The lowest BCUT2D eigenvalue weighted by atomic mass is 9.36. The lowest BCUT2D eigenvalue weighted by molar-refractivity contribution is 0.669. The molecule has 7 heterocycles. The van der Waals surface area contributed by atoms with E-state index >= 15 is 0 Å². The Morgan fingerprint density at radius 1 is 0.333 bits per heavy atom. The summed E-state index contributed by atoms with van der Waals surface area (Å²) in [6.07, 6.45) is 0. The molecule has 0 amide bonds. The van der Waals surface area contributed by atoms with E-state index in [9.17, 15) is 0 Å².